The number of Topliss-reactive ketones (excluding diaryl/α,β-unsaturated/α-hetero) is 1. The molecule has 18 nitrogen and oxygen atoms in total. The number of thiazole rings is 1. The highest BCUT2D eigenvalue weighted by atomic mass is 32.1. The summed E-state index contributed by atoms with van der Waals surface area (Å²) >= 11 is 1.32. The van der Waals surface area contributed by atoms with Crippen LogP contribution in [-0.2, 0) is 19.2 Å². The van der Waals surface area contributed by atoms with Crippen molar-refractivity contribution in [1.82, 2.24) is 44.5 Å². The van der Waals surface area contributed by atoms with Gasteiger partial charge in [0, 0.05) is 81.2 Å². The van der Waals surface area contributed by atoms with Crippen LogP contribution >= 0.6 is 11.3 Å². The fourth-order valence-corrected chi connectivity index (χ4v) is 12.7. The first-order valence-corrected chi connectivity index (χ1v) is 28.9. The van der Waals surface area contributed by atoms with Gasteiger partial charge < -0.3 is 30.2 Å². The van der Waals surface area contributed by atoms with Crippen LogP contribution in [0.5, 0.6) is 0 Å². The quantitative estimate of drug-likeness (QED) is 0.0552. The number of pyridine rings is 2. The van der Waals surface area contributed by atoms with Crippen LogP contribution in [0.4, 0.5) is 21.8 Å². The SMILES string of the molecule is CC(=O)c1c(C)c2cnc(Nc3ccc(N4CCN(C(=O)CCCCCCC(=O)N(C)C(C)C(=O)N[C@H](C(=O)N5CCCC5c5nc(C(=O)c6ccc(F)cc6)cs5)C5CCCCC5)CC4)cn3)nc2n(C2CCCC2)c1=O. The maximum Gasteiger partial charge on any atom is 0.263 e. The van der Waals surface area contributed by atoms with E-state index in [4.69, 9.17) is 4.98 Å². The molecule has 78 heavy (non-hydrogen) atoms. The zero-order valence-corrected chi connectivity index (χ0v) is 46.1. The van der Waals surface area contributed by atoms with E-state index >= 15 is 0 Å². The van der Waals surface area contributed by atoms with E-state index in [1.807, 2.05) is 17.0 Å². The van der Waals surface area contributed by atoms with Gasteiger partial charge in [0.15, 0.2) is 5.78 Å². The lowest BCUT2D eigenvalue weighted by molar-refractivity contribution is -0.142. The summed E-state index contributed by atoms with van der Waals surface area (Å²) in [5.41, 5.74) is 2.51. The molecule has 2 aliphatic heterocycles. The number of likely N-dealkylation sites (N-methyl/N-ethyl adjacent to an activating group) is 1. The van der Waals surface area contributed by atoms with E-state index in [0.29, 0.717) is 97.3 Å². The van der Waals surface area contributed by atoms with Crippen molar-refractivity contribution in [3.8, 4) is 0 Å². The number of aryl methyl sites for hydroxylation is 1. The number of halogens is 1. The molecule has 4 fully saturated rings. The molecule has 4 amide bonds. The first kappa shape index (κ1) is 55.8. The van der Waals surface area contributed by atoms with Gasteiger partial charge in [-0.25, -0.2) is 19.3 Å². The van der Waals surface area contributed by atoms with Gasteiger partial charge in [-0.15, -0.1) is 11.3 Å². The molecule has 0 bridgehead atoms. The Balaban J connectivity index is 0.696. The number of likely N-dealkylation sites (tertiary alicyclic amines) is 1. The maximum atomic E-state index is 14.5. The summed E-state index contributed by atoms with van der Waals surface area (Å²) in [6, 6.07) is 7.26. The van der Waals surface area contributed by atoms with Gasteiger partial charge in [-0.3, -0.25) is 38.1 Å². The summed E-state index contributed by atoms with van der Waals surface area (Å²) in [5, 5.41) is 9.29. The molecule has 2 aliphatic carbocycles. The van der Waals surface area contributed by atoms with Crippen molar-refractivity contribution in [3.05, 3.63) is 97.7 Å². The van der Waals surface area contributed by atoms with E-state index in [-0.39, 0.29) is 76.4 Å². The van der Waals surface area contributed by atoms with Crippen LogP contribution in [0.2, 0.25) is 0 Å². The molecule has 2 saturated carbocycles. The van der Waals surface area contributed by atoms with Crippen molar-refractivity contribution in [3.63, 3.8) is 0 Å². The predicted octanol–water partition coefficient (Wildman–Crippen LogP) is 8.65. The second-order valence-corrected chi connectivity index (χ2v) is 22.5. The largest absolute Gasteiger partial charge is 0.367 e. The van der Waals surface area contributed by atoms with Gasteiger partial charge in [0.1, 0.15) is 40.1 Å². The number of ketones is 2. The molecule has 6 heterocycles. The van der Waals surface area contributed by atoms with Crippen molar-refractivity contribution in [2.45, 2.75) is 154 Å². The molecule has 0 radical (unpaired) electrons. The summed E-state index contributed by atoms with van der Waals surface area (Å²) in [6.07, 6.45) is 16.9. The average molecular weight is 1090 g/mol. The smallest absolute Gasteiger partial charge is 0.263 e. The number of carbonyl (C=O) groups is 6. The number of anilines is 3. The first-order chi connectivity index (χ1) is 37.7. The summed E-state index contributed by atoms with van der Waals surface area (Å²) in [7, 11) is 1.63. The number of hydrogen-bond donors (Lipinski definition) is 2. The molecule has 20 heteroatoms. The minimum absolute atomic E-state index is 0.0206. The molecule has 3 atom stereocenters. The highest BCUT2D eigenvalue weighted by molar-refractivity contribution is 7.10. The van der Waals surface area contributed by atoms with Gasteiger partial charge in [-0.1, -0.05) is 44.9 Å². The Morgan fingerprint density at radius 1 is 0.808 bits per heavy atom. The monoisotopic (exact) mass is 1090 g/mol. The van der Waals surface area contributed by atoms with Gasteiger partial charge in [0.2, 0.25) is 35.4 Å². The number of fused-ring (bicyclic) bond motifs is 1. The number of carbonyl (C=O) groups excluding carboxylic acids is 6. The van der Waals surface area contributed by atoms with E-state index in [1.165, 1.54) is 47.4 Å². The van der Waals surface area contributed by atoms with Crippen LogP contribution < -0.4 is 21.1 Å². The van der Waals surface area contributed by atoms with E-state index < -0.39 is 17.9 Å². The molecule has 1 aromatic carbocycles. The summed E-state index contributed by atoms with van der Waals surface area (Å²) in [4.78, 5) is 120. The zero-order chi connectivity index (χ0) is 55.0. The molecule has 5 aromatic rings. The Hall–Kier alpha value is -6.96. The molecule has 414 valence electrons. The third kappa shape index (κ3) is 12.6. The van der Waals surface area contributed by atoms with E-state index in [9.17, 15) is 38.0 Å². The standard InChI is InChI=1S/C58H72FN11O7S/c1-36-44-34-61-58(65-53(44)70(42-17-12-13-18-42)56(76)50(36)38(3)71)63-47-27-26-43(33-60-47)67-29-31-68(32-30-67)49(73)21-11-6-5-10-20-48(72)66(4)37(2)54(75)64-51(39-15-8-7-9-16-39)57(77)69-28-14-19-46(69)55-62-45(35-78-55)52(74)40-22-24-41(59)25-23-40/h22-27,33-35,37,39,42,46,51H,5-21,28-32H2,1-4H3,(H,64,75)(H,60,61,63,65)/t37?,46?,51-/m0/s1. The van der Waals surface area contributed by atoms with Crippen LogP contribution in [-0.4, -0.2) is 126 Å². The molecular weight excluding hydrogens is 1010 g/mol. The zero-order valence-electron chi connectivity index (χ0n) is 45.3. The van der Waals surface area contributed by atoms with Crippen LogP contribution in [0.25, 0.3) is 11.0 Å². The van der Waals surface area contributed by atoms with Gasteiger partial charge in [0.25, 0.3) is 5.56 Å². The van der Waals surface area contributed by atoms with Crippen LogP contribution in [0, 0.1) is 18.7 Å². The number of nitrogens with zero attached hydrogens (tertiary/aromatic N) is 9. The van der Waals surface area contributed by atoms with Crippen LogP contribution in [0.3, 0.4) is 0 Å². The number of rotatable bonds is 20. The molecule has 4 aromatic heterocycles. The molecule has 4 aliphatic rings. The van der Waals surface area contributed by atoms with Crippen LogP contribution in [0.1, 0.15) is 172 Å². The Morgan fingerprint density at radius 2 is 1.51 bits per heavy atom. The molecule has 0 spiro atoms. The Morgan fingerprint density at radius 3 is 2.21 bits per heavy atom. The van der Waals surface area contributed by atoms with Crippen LogP contribution in [0.15, 0.2) is 59.0 Å². The van der Waals surface area contributed by atoms with Crippen molar-refractivity contribution in [2.75, 3.05) is 50.0 Å². The highest BCUT2D eigenvalue weighted by Gasteiger charge is 2.41. The third-order valence-electron chi connectivity index (χ3n) is 16.5. The Kier molecular flexibility index (Phi) is 18.0. The fourth-order valence-electron chi connectivity index (χ4n) is 11.8. The summed E-state index contributed by atoms with van der Waals surface area (Å²) in [5.74, 6) is -0.791. The number of unbranched alkanes of at least 4 members (excludes halogenated alkanes) is 3. The molecule has 2 unspecified atom stereocenters. The van der Waals surface area contributed by atoms with Gasteiger partial charge in [0.05, 0.1) is 23.5 Å². The minimum atomic E-state index is -0.800. The summed E-state index contributed by atoms with van der Waals surface area (Å²) in [6.45, 7) is 7.90. The lowest BCUT2D eigenvalue weighted by Crippen LogP contribution is -2.56. The molecule has 2 saturated heterocycles. The van der Waals surface area contributed by atoms with E-state index in [0.717, 1.165) is 82.7 Å². The number of aromatic nitrogens is 5. The first-order valence-electron chi connectivity index (χ1n) is 28.0. The second kappa shape index (κ2) is 25.2. The highest BCUT2D eigenvalue weighted by Crippen LogP contribution is 2.37. The van der Waals surface area contributed by atoms with Crippen molar-refractivity contribution in [2.24, 2.45) is 5.92 Å². The fraction of sp³-hybridized carbons (Fsp3) is 0.534. The normalized spacial score (nSPS) is 18.0. The molecule has 9 rings (SSSR count). The molecular formula is C58H72FN11O7S. The number of benzene rings is 1. The van der Waals surface area contributed by atoms with Gasteiger partial charge >= 0.3 is 0 Å². The van der Waals surface area contributed by atoms with E-state index in [2.05, 4.69) is 30.5 Å². The maximum absolute atomic E-state index is 14.5. The molecule has 2 N–H and O–H groups in total. The lowest BCUT2D eigenvalue weighted by Gasteiger charge is -2.36. The third-order valence-corrected chi connectivity index (χ3v) is 17.4. The van der Waals surface area contributed by atoms with Crippen molar-refractivity contribution < 1.29 is 33.2 Å². The second-order valence-electron chi connectivity index (χ2n) is 21.6. The lowest BCUT2D eigenvalue weighted by atomic mass is 9.83. The van der Waals surface area contributed by atoms with E-state index in [1.54, 1.807) is 48.1 Å². The minimum Gasteiger partial charge on any atom is -0.367 e. The Bertz CT molecular complexity index is 3060. The average Bonchev–Trinajstić information content (AvgIpc) is 4.41. The summed E-state index contributed by atoms with van der Waals surface area (Å²) < 4.78 is 15.2. The Labute approximate surface area is 458 Å². The van der Waals surface area contributed by atoms with Crippen molar-refractivity contribution in [1.29, 1.82) is 0 Å². The van der Waals surface area contributed by atoms with Gasteiger partial charge in [-0.2, -0.15) is 4.98 Å². The number of hydrogen-bond acceptors (Lipinski definition) is 14. The predicted molar refractivity (Wildman–Crippen MR) is 296 cm³/mol. The number of amides is 4. The van der Waals surface area contributed by atoms with Crippen molar-refractivity contribution >= 4 is 75.0 Å². The number of piperazine rings is 1. The topological polar surface area (TPSA) is 213 Å². The number of nitrogens with one attached hydrogen (secondary N) is 2. The van der Waals surface area contributed by atoms with Gasteiger partial charge in [-0.05, 0) is 120 Å².